The Morgan fingerprint density at radius 2 is 1.95 bits per heavy atom. The van der Waals surface area contributed by atoms with E-state index in [4.69, 9.17) is 11.6 Å². The van der Waals surface area contributed by atoms with Crippen molar-refractivity contribution in [2.24, 2.45) is 0 Å². The normalized spacial score (nSPS) is 11.1. The molecular formula is C18H19ClN2. The van der Waals surface area contributed by atoms with E-state index in [1.165, 1.54) is 11.1 Å². The highest BCUT2D eigenvalue weighted by Crippen LogP contribution is 2.26. The number of rotatable bonds is 5. The van der Waals surface area contributed by atoms with Gasteiger partial charge in [0, 0.05) is 23.1 Å². The number of para-hydroxylation sites is 1. The van der Waals surface area contributed by atoms with Crippen LogP contribution in [0.4, 0.5) is 0 Å². The van der Waals surface area contributed by atoms with E-state index in [1.54, 1.807) is 0 Å². The van der Waals surface area contributed by atoms with Crippen LogP contribution in [0.3, 0.4) is 0 Å². The van der Waals surface area contributed by atoms with E-state index in [9.17, 15) is 0 Å². The molecule has 0 amide bonds. The van der Waals surface area contributed by atoms with Gasteiger partial charge in [-0.1, -0.05) is 59.6 Å². The van der Waals surface area contributed by atoms with Gasteiger partial charge >= 0.3 is 0 Å². The fourth-order valence-electron chi connectivity index (χ4n) is 2.60. The lowest BCUT2D eigenvalue weighted by Gasteiger charge is -2.05. The topological polar surface area (TPSA) is 27.8 Å². The molecule has 3 rings (SSSR count). The number of nitrogens with one attached hydrogen (secondary N) is 2. The molecule has 0 aliphatic heterocycles. The molecule has 3 heteroatoms. The summed E-state index contributed by atoms with van der Waals surface area (Å²) < 4.78 is 0. The lowest BCUT2D eigenvalue weighted by atomic mass is 10.1. The summed E-state index contributed by atoms with van der Waals surface area (Å²) in [7, 11) is 0. The lowest BCUT2D eigenvalue weighted by Crippen LogP contribution is -2.17. The first kappa shape index (κ1) is 14.2. The van der Waals surface area contributed by atoms with E-state index in [2.05, 4.69) is 47.6 Å². The standard InChI is InChI=1S/C18H19ClN2/c1-13-5-4-6-14(11-13)9-10-20-12-17-18(19)15-7-2-3-8-16(15)21-17/h2-8,11,20-21H,9-10,12H2,1H3. The summed E-state index contributed by atoms with van der Waals surface area (Å²) in [6.07, 6.45) is 1.03. The van der Waals surface area contributed by atoms with E-state index >= 15 is 0 Å². The third-order valence-electron chi connectivity index (χ3n) is 3.69. The summed E-state index contributed by atoms with van der Waals surface area (Å²) in [6, 6.07) is 16.8. The smallest absolute Gasteiger partial charge is 0.0705 e. The van der Waals surface area contributed by atoms with Crippen molar-refractivity contribution < 1.29 is 0 Å². The predicted molar refractivity (Wildman–Crippen MR) is 89.9 cm³/mol. The van der Waals surface area contributed by atoms with Gasteiger partial charge in [0.1, 0.15) is 0 Å². The van der Waals surface area contributed by atoms with Crippen LogP contribution in [0, 0.1) is 6.92 Å². The number of halogens is 1. The second-order valence-electron chi connectivity index (χ2n) is 5.38. The predicted octanol–water partition coefficient (Wildman–Crippen LogP) is 4.46. The van der Waals surface area contributed by atoms with Gasteiger partial charge in [0.05, 0.1) is 5.02 Å². The van der Waals surface area contributed by atoms with Gasteiger partial charge < -0.3 is 10.3 Å². The molecule has 0 unspecified atom stereocenters. The average molecular weight is 299 g/mol. The molecule has 2 nitrogen and oxygen atoms in total. The fraction of sp³-hybridized carbons (Fsp3) is 0.222. The van der Waals surface area contributed by atoms with Gasteiger partial charge in [0.15, 0.2) is 0 Å². The third kappa shape index (κ3) is 3.29. The van der Waals surface area contributed by atoms with Gasteiger partial charge in [-0.05, 0) is 31.5 Å². The highest BCUT2D eigenvalue weighted by Gasteiger charge is 2.07. The molecule has 2 N–H and O–H groups in total. The minimum Gasteiger partial charge on any atom is -0.356 e. The number of aryl methyl sites for hydroxylation is 1. The molecule has 0 spiro atoms. The average Bonchev–Trinajstić information content (AvgIpc) is 2.81. The number of aromatic amines is 1. The Balaban J connectivity index is 1.58. The van der Waals surface area contributed by atoms with Crippen LogP contribution in [-0.4, -0.2) is 11.5 Å². The number of aromatic nitrogens is 1. The maximum Gasteiger partial charge on any atom is 0.0705 e. The maximum absolute atomic E-state index is 6.40. The van der Waals surface area contributed by atoms with E-state index in [1.807, 2.05) is 18.2 Å². The summed E-state index contributed by atoms with van der Waals surface area (Å²) in [5.41, 5.74) is 4.83. The number of hydrogen-bond acceptors (Lipinski definition) is 1. The van der Waals surface area contributed by atoms with Crippen LogP contribution in [0.2, 0.25) is 5.02 Å². The van der Waals surface area contributed by atoms with Crippen LogP contribution >= 0.6 is 11.6 Å². The summed E-state index contributed by atoms with van der Waals surface area (Å²) in [5, 5.41) is 5.38. The van der Waals surface area contributed by atoms with Crippen LogP contribution < -0.4 is 5.32 Å². The molecule has 0 aliphatic carbocycles. The fourth-order valence-corrected chi connectivity index (χ4v) is 2.88. The van der Waals surface area contributed by atoms with Crippen molar-refractivity contribution in [2.75, 3.05) is 6.54 Å². The Hall–Kier alpha value is -1.77. The Kier molecular flexibility index (Phi) is 4.28. The van der Waals surface area contributed by atoms with Crippen molar-refractivity contribution in [3.8, 4) is 0 Å². The van der Waals surface area contributed by atoms with Crippen LogP contribution in [0.15, 0.2) is 48.5 Å². The number of H-pyrrole nitrogens is 1. The molecule has 3 aromatic rings. The van der Waals surface area contributed by atoms with Gasteiger partial charge in [-0.2, -0.15) is 0 Å². The maximum atomic E-state index is 6.40. The van der Waals surface area contributed by atoms with Gasteiger partial charge in [-0.15, -0.1) is 0 Å². The summed E-state index contributed by atoms with van der Waals surface area (Å²) in [4.78, 5) is 3.38. The zero-order chi connectivity index (χ0) is 14.7. The monoisotopic (exact) mass is 298 g/mol. The van der Waals surface area contributed by atoms with E-state index in [-0.39, 0.29) is 0 Å². The Morgan fingerprint density at radius 3 is 2.76 bits per heavy atom. The highest BCUT2D eigenvalue weighted by atomic mass is 35.5. The molecule has 0 saturated heterocycles. The quantitative estimate of drug-likeness (QED) is 0.669. The van der Waals surface area contributed by atoms with Crippen LogP contribution in [0.25, 0.3) is 10.9 Å². The second-order valence-corrected chi connectivity index (χ2v) is 5.76. The molecule has 0 fully saturated rings. The third-order valence-corrected chi connectivity index (χ3v) is 4.12. The summed E-state index contributed by atoms with van der Waals surface area (Å²) in [6.45, 7) is 3.83. The van der Waals surface area contributed by atoms with Crippen LogP contribution in [0.1, 0.15) is 16.8 Å². The van der Waals surface area contributed by atoms with Crippen molar-refractivity contribution in [3.63, 3.8) is 0 Å². The lowest BCUT2D eigenvalue weighted by molar-refractivity contribution is 0.678. The number of fused-ring (bicyclic) bond motifs is 1. The van der Waals surface area contributed by atoms with Crippen LogP contribution in [-0.2, 0) is 13.0 Å². The van der Waals surface area contributed by atoms with E-state index in [0.29, 0.717) is 0 Å². The second kappa shape index (κ2) is 6.33. The minimum absolute atomic E-state index is 0.763. The van der Waals surface area contributed by atoms with Crippen molar-refractivity contribution in [2.45, 2.75) is 19.9 Å². The van der Waals surface area contributed by atoms with Gasteiger partial charge in [0.25, 0.3) is 0 Å². The first-order valence-corrected chi connectivity index (χ1v) is 7.63. The Labute approximate surface area is 130 Å². The van der Waals surface area contributed by atoms with Crippen molar-refractivity contribution in [1.82, 2.24) is 10.3 Å². The van der Waals surface area contributed by atoms with Crippen molar-refractivity contribution in [3.05, 3.63) is 70.4 Å². The van der Waals surface area contributed by atoms with Crippen LogP contribution in [0.5, 0.6) is 0 Å². The largest absolute Gasteiger partial charge is 0.356 e. The molecule has 1 heterocycles. The highest BCUT2D eigenvalue weighted by molar-refractivity contribution is 6.36. The summed E-state index contributed by atoms with van der Waals surface area (Å²) >= 11 is 6.40. The number of hydrogen-bond donors (Lipinski definition) is 2. The first-order chi connectivity index (χ1) is 10.2. The van der Waals surface area contributed by atoms with Gasteiger partial charge in [-0.3, -0.25) is 0 Å². The first-order valence-electron chi connectivity index (χ1n) is 7.25. The molecule has 0 bridgehead atoms. The Morgan fingerprint density at radius 1 is 1.10 bits per heavy atom. The van der Waals surface area contributed by atoms with E-state index < -0.39 is 0 Å². The molecular weight excluding hydrogens is 280 g/mol. The minimum atomic E-state index is 0.763. The summed E-state index contributed by atoms with van der Waals surface area (Å²) in [5.74, 6) is 0. The molecule has 2 aromatic carbocycles. The van der Waals surface area contributed by atoms with Gasteiger partial charge in [0.2, 0.25) is 0 Å². The molecule has 1 aromatic heterocycles. The van der Waals surface area contributed by atoms with Gasteiger partial charge in [-0.25, -0.2) is 0 Å². The SMILES string of the molecule is Cc1cccc(CCNCc2[nH]c3ccccc3c2Cl)c1. The molecule has 0 saturated carbocycles. The molecule has 0 radical (unpaired) electrons. The Bertz CT molecular complexity index is 746. The number of benzene rings is 2. The zero-order valence-electron chi connectivity index (χ0n) is 12.1. The van der Waals surface area contributed by atoms with E-state index in [0.717, 1.165) is 41.1 Å². The van der Waals surface area contributed by atoms with Crippen molar-refractivity contribution in [1.29, 1.82) is 0 Å². The molecule has 21 heavy (non-hydrogen) atoms. The van der Waals surface area contributed by atoms with Crippen molar-refractivity contribution >= 4 is 22.5 Å². The molecule has 0 atom stereocenters. The zero-order valence-corrected chi connectivity index (χ0v) is 12.9. The molecule has 0 aliphatic rings. The molecule has 108 valence electrons.